The summed E-state index contributed by atoms with van der Waals surface area (Å²) in [7, 11) is 0. The van der Waals surface area contributed by atoms with Gasteiger partial charge in [-0.2, -0.15) is 26.3 Å². The number of hydrogen-bond acceptors (Lipinski definition) is 8. The molecular weight excluding hydrogens is 700 g/mol. The predicted molar refractivity (Wildman–Crippen MR) is 167 cm³/mol. The number of ether oxygens (including phenoxy) is 2. The van der Waals surface area contributed by atoms with Crippen LogP contribution in [0.25, 0.3) is 0 Å². The first-order valence-corrected chi connectivity index (χ1v) is 16.2. The molecule has 3 amide bonds. The molecule has 0 bridgehead atoms. The summed E-state index contributed by atoms with van der Waals surface area (Å²) in [5.74, 6) is -4.04. The molecule has 49 heavy (non-hydrogen) atoms. The summed E-state index contributed by atoms with van der Waals surface area (Å²) < 4.78 is 91.0. The molecule has 3 heterocycles. The van der Waals surface area contributed by atoms with Crippen molar-refractivity contribution in [3.8, 4) is 11.5 Å². The van der Waals surface area contributed by atoms with Gasteiger partial charge in [0.05, 0.1) is 34.4 Å². The third-order valence-electron chi connectivity index (χ3n) is 7.71. The molecule has 4 aromatic rings. The first-order valence-electron chi connectivity index (χ1n) is 14.5. The van der Waals surface area contributed by atoms with Crippen LogP contribution in [-0.2, 0) is 26.7 Å². The number of alkyl halides is 6. The highest BCUT2D eigenvalue weighted by Gasteiger charge is 2.56. The molecule has 9 nitrogen and oxygen atoms in total. The highest BCUT2D eigenvalue weighted by atomic mass is 32.2. The number of hydrogen-bond donors (Lipinski definition) is 2. The molecule has 0 saturated carbocycles. The lowest BCUT2D eigenvalue weighted by Gasteiger charge is -2.30. The van der Waals surface area contributed by atoms with Crippen LogP contribution < -0.4 is 24.6 Å². The second kappa shape index (κ2) is 12.9. The van der Waals surface area contributed by atoms with Gasteiger partial charge in [-0.1, -0.05) is 41.3 Å². The summed E-state index contributed by atoms with van der Waals surface area (Å²) in [6, 6.07) is 12.5. The van der Waals surface area contributed by atoms with Gasteiger partial charge in [0, 0.05) is 16.5 Å². The van der Waals surface area contributed by atoms with Crippen LogP contribution in [0.3, 0.4) is 0 Å². The fraction of sp³-hybridized carbons (Fsp3) is 0.250. The first-order chi connectivity index (χ1) is 23.2. The van der Waals surface area contributed by atoms with Crippen molar-refractivity contribution in [3.05, 3.63) is 98.0 Å². The van der Waals surface area contributed by atoms with E-state index in [-0.39, 0.29) is 29.5 Å². The number of thioether (sulfide) groups is 1. The lowest BCUT2D eigenvalue weighted by molar-refractivity contribution is -0.138. The van der Waals surface area contributed by atoms with E-state index in [1.807, 2.05) is 0 Å². The summed E-state index contributed by atoms with van der Waals surface area (Å²) in [5.41, 5.74) is -1.89. The maximum atomic E-state index is 14.0. The Hall–Kier alpha value is -4.77. The summed E-state index contributed by atoms with van der Waals surface area (Å²) >= 11 is 1.79. The quantitative estimate of drug-likeness (QED) is 0.154. The zero-order chi connectivity index (χ0) is 35.2. The maximum Gasteiger partial charge on any atom is 0.416 e. The number of benzene rings is 3. The Morgan fingerprint density at radius 1 is 0.878 bits per heavy atom. The molecule has 2 aliphatic rings. The van der Waals surface area contributed by atoms with Crippen LogP contribution in [0.2, 0.25) is 0 Å². The Labute approximate surface area is 281 Å². The van der Waals surface area contributed by atoms with Gasteiger partial charge in [0.2, 0.25) is 11.8 Å². The Bertz CT molecular complexity index is 2010. The van der Waals surface area contributed by atoms with Crippen LogP contribution in [0.4, 0.5) is 37.7 Å². The number of carbonyl (C=O) groups excluding carboxylic acids is 3. The molecule has 256 valence electrons. The number of carbonyl (C=O) groups is 3. The molecule has 2 N–H and O–H groups in total. The summed E-state index contributed by atoms with van der Waals surface area (Å²) in [6.07, 6.45) is -9.32. The highest BCUT2D eigenvalue weighted by Crippen LogP contribution is 2.54. The van der Waals surface area contributed by atoms with E-state index < -0.39 is 69.8 Å². The van der Waals surface area contributed by atoms with E-state index in [2.05, 4.69) is 10.3 Å². The highest BCUT2D eigenvalue weighted by molar-refractivity contribution is 8.00. The number of amides is 3. The number of nitrogens with zero attached hydrogens (tertiary/aromatic N) is 1. The van der Waals surface area contributed by atoms with E-state index in [1.165, 1.54) is 24.3 Å². The van der Waals surface area contributed by atoms with Gasteiger partial charge in [0.25, 0.3) is 5.91 Å². The Balaban J connectivity index is 1.29. The minimum atomic E-state index is -4.71. The number of aromatic amines is 1. The van der Waals surface area contributed by atoms with Crippen molar-refractivity contribution in [1.29, 1.82) is 0 Å². The number of halogens is 6. The van der Waals surface area contributed by atoms with Gasteiger partial charge in [-0.05, 0) is 61.0 Å². The number of thiazole rings is 1. The van der Waals surface area contributed by atoms with Crippen molar-refractivity contribution < 1.29 is 50.2 Å². The largest absolute Gasteiger partial charge is 0.490 e. The first kappa shape index (κ1) is 34.1. The van der Waals surface area contributed by atoms with Gasteiger partial charge >= 0.3 is 17.2 Å². The van der Waals surface area contributed by atoms with E-state index in [9.17, 15) is 45.5 Å². The van der Waals surface area contributed by atoms with Crippen molar-refractivity contribution in [2.24, 2.45) is 5.92 Å². The zero-order valence-electron chi connectivity index (χ0n) is 25.0. The molecule has 3 aromatic carbocycles. The van der Waals surface area contributed by atoms with E-state index in [4.69, 9.17) is 9.47 Å². The van der Waals surface area contributed by atoms with Gasteiger partial charge < -0.3 is 19.8 Å². The van der Waals surface area contributed by atoms with Crippen LogP contribution in [0.15, 0.2) is 76.6 Å². The minimum absolute atomic E-state index is 0.0772. The van der Waals surface area contributed by atoms with Crippen LogP contribution in [-0.4, -0.2) is 41.2 Å². The van der Waals surface area contributed by atoms with E-state index in [1.54, 1.807) is 13.0 Å². The Morgan fingerprint density at radius 3 is 2.27 bits per heavy atom. The van der Waals surface area contributed by atoms with Crippen molar-refractivity contribution >= 4 is 52.2 Å². The van der Waals surface area contributed by atoms with Gasteiger partial charge in [0.1, 0.15) is 5.25 Å². The SMILES string of the molecule is CCOc1cc([C@@H]2c3sc(=O)[nH]c3S[C@H]3C(=O)N(c4cccc(C(F)(F)F)c4)C(=O)[C@@H]23)ccc1OCC(=O)Nc1cccc(C(F)(F)F)c1. The average Bonchev–Trinajstić information content (AvgIpc) is 3.53. The summed E-state index contributed by atoms with van der Waals surface area (Å²) in [6.45, 7) is 1.20. The molecule has 3 atom stereocenters. The van der Waals surface area contributed by atoms with Crippen LogP contribution >= 0.6 is 23.1 Å². The zero-order valence-corrected chi connectivity index (χ0v) is 26.6. The smallest absolute Gasteiger partial charge is 0.416 e. The normalized spacial score (nSPS) is 19.0. The second-order valence-electron chi connectivity index (χ2n) is 10.9. The lowest BCUT2D eigenvalue weighted by atomic mass is 9.83. The number of rotatable bonds is 8. The number of aromatic nitrogens is 1. The number of anilines is 2. The molecule has 1 fully saturated rings. The molecule has 6 rings (SSSR count). The molecule has 0 aliphatic carbocycles. The lowest BCUT2D eigenvalue weighted by Crippen LogP contribution is -2.32. The predicted octanol–water partition coefficient (Wildman–Crippen LogP) is 6.69. The molecule has 0 spiro atoms. The molecule has 1 aromatic heterocycles. The van der Waals surface area contributed by atoms with Crippen molar-refractivity contribution in [3.63, 3.8) is 0 Å². The monoisotopic (exact) mass is 723 g/mol. The number of fused-ring (bicyclic) bond motifs is 2. The van der Waals surface area contributed by atoms with E-state index >= 15 is 0 Å². The average molecular weight is 724 g/mol. The second-order valence-corrected chi connectivity index (χ2v) is 13.0. The Kier molecular flexibility index (Phi) is 9.00. The third kappa shape index (κ3) is 6.76. The fourth-order valence-corrected chi connectivity index (χ4v) is 8.19. The van der Waals surface area contributed by atoms with Gasteiger partial charge in [-0.25, -0.2) is 4.90 Å². The summed E-state index contributed by atoms with van der Waals surface area (Å²) in [5, 5.41) is 1.61. The third-order valence-corrected chi connectivity index (χ3v) is 10.1. The topological polar surface area (TPSA) is 118 Å². The maximum absolute atomic E-state index is 14.0. The van der Waals surface area contributed by atoms with Crippen LogP contribution in [0.1, 0.15) is 34.4 Å². The fourth-order valence-electron chi connectivity index (χ4n) is 5.67. The molecule has 2 aliphatic heterocycles. The summed E-state index contributed by atoms with van der Waals surface area (Å²) in [4.78, 5) is 56.0. The van der Waals surface area contributed by atoms with Crippen molar-refractivity contribution in [2.75, 3.05) is 23.4 Å². The molecule has 0 radical (unpaired) electrons. The minimum Gasteiger partial charge on any atom is -0.490 e. The number of nitrogens with one attached hydrogen (secondary N) is 2. The van der Waals surface area contributed by atoms with Crippen molar-refractivity contribution in [1.82, 2.24) is 4.98 Å². The van der Waals surface area contributed by atoms with E-state index in [0.29, 0.717) is 15.5 Å². The molecule has 17 heteroatoms. The van der Waals surface area contributed by atoms with Crippen LogP contribution in [0, 0.1) is 5.92 Å². The molecule has 0 unspecified atom stereocenters. The molecular formula is C32H23F6N3O6S2. The standard InChI is InChI=1S/C32H23F6N3O6S2/c1-2-46-21-11-15(9-10-20(21)47-14-22(42)39-18-7-3-5-16(12-18)31(33,34)35)23-24-26(48-27-25(23)49-30(45)40-27)29(44)41(28(24)43)19-8-4-6-17(13-19)32(36,37)38/h3-13,23-24,26H,2,14H2,1H3,(H,39,42)(H,40,45)/t23-,24-,26+/m0/s1. The van der Waals surface area contributed by atoms with Gasteiger partial charge in [-0.15, -0.1) is 0 Å². The number of H-pyrrole nitrogens is 1. The van der Waals surface area contributed by atoms with Crippen LogP contribution in [0.5, 0.6) is 11.5 Å². The Morgan fingerprint density at radius 2 is 1.57 bits per heavy atom. The molecule has 1 saturated heterocycles. The van der Waals surface area contributed by atoms with Gasteiger partial charge in [0.15, 0.2) is 18.1 Å². The van der Waals surface area contributed by atoms with Gasteiger partial charge in [-0.3, -0.25) is 19.2 Å². The van der Waals surface area contributed by atoms with E-state index in [0.717, 1.165) is 64.4 Å². The van der Waals surface area contributed by atoms with Crippen molar-refractivity contribution in [2.45, 2.75) is 35.5 Å². The number of imide groups is 1.